The number of aliphatic hydroxyl groups excluding tert-OH is 1. The Kier molecular flexibility index (Phi) is 8.10. The number of hydrogen-bond acceptors (Lipinski definition) is 4. The molecular formula is C10H20Cl3O4P. The van der Waals surface area contributed by atoms with Crippen molar-refractivity contribution < 1.29 is 18.7 Å². The molecule has 4 nitrogen and oxygen atoms in total. The zero-order chi connectivity index (χ0) is 14.6. The first-order valence-corrected chi connectivity index (χ1v) is 8.52. The highest BCUT2D eigenvalue weighted by atomic mass is 35.6. The van der Waals surface area contributed by atoms with Crippen LogP contribution in [0.15, 0.2) is 0 Å². The molecule has 0 saturated carbocycles. The summed E-state index contributed by atoms with van der Waals surface area (Å²) in [6.45, 7) is 7.11. The molecule has 0 aromatic heterocycles. The fourth-order valence-corrected chi connectivity index (χ4v) is 3.99. The van der Waals surface area contributed by atoms with Gasteiger partial charge in [0.05, 0.1) is 12.2 Å². The van der Waals surface area contributed by atoms with E-state index in [4.69, 9.17) is 43.9 Å². The molecule has 0 rings (SSSR count). The summed E-state index contributed by atoms with van der Waals surface area (Å²) in [5.74, 6) is -1.82. The minimum atomic E-state index is -3.92. The Morgan fingerprint density at radius 1 is 1.11 bits per heavy atom. The molecular weight excluding hydrogens is 321 g/mol. The molecule has 18 heavy (non-hydrogen) atoms. The lowest BCUT2D eigenvalue weighted by atomic mass is 10.3. The number of rotatable bonds is 7. The predicted octanol–water partition coefficient (Wildman–Crippen LogP) is 4.50. The van der Waals surface area contributed by atoms with Crippen LogP contribution in [0.4, 0.5) is 0 Å². The van der Waals surface area contributed by atoms with Gasteiger partial charge >= 0.3 is 7.60 Å². The quantitative estimate of drug-likeness (QED) is 0.547. The predicted molar refractivity (Wildman–Crippen MR) is 75.6 cm³/mol. The van der Waals surface area contributed by atoms with Crippen LogP contribution in [0.1, 0.15) is 40.5 Å². The normalized spacial score (nSPS) is 18.4. The van der Waals surface area contributed by atoms with E-state index in [9.17, 15) is 9.67 Å². The van der Waals surface area contributed by atoms with Gasteiger partial charge < -0.3 is 14.2 Å². The van der Waals surface area contributed by atoms with Gasteiger partial charge in [-0.05, 0) is 26.7 Å². The number of aliphatic hydroxyl groups is 1. The van der Waals surface area contributed by atoms with E-state index in [0.29, 0.717) is 12.8 Å². The Bertz CT molecular complexity index is 279. The first kappa shape index (κ1) is 19.0. The zero-order valence-corrected chi connectivity index (χ0v) is 14.1. The smallest absolute Gasteiger partial charge is 0.363 e. The molecule has 0 fully saturated rings. The van der Waals surface area contributed by atoms with Crippen molar-refractivity contribution in [3.8, 4) is 0 Å². The van der Waals surface area contributed by atoms with Crippen LogP contribution < -0.4 is 0 Å². The number of alkyl halides is 3. The molecule has 1 N–H and O–H groups in total. The van der Waals surface area contributed by atoms with Crippen molar-refractivity contribution in [3.63, 3.8) is 0 Å². The maximum atomic E-state index is 12.6. The third kappa shape index (κ3) is 5.96. The number of hydrogen-bond donors (Lipinski definition) is 1. The molecule has 0 amide bonds. The topological polar surface area (TPSA) is 55.8 Å². The van der Waals surface area contributed by atoms with Crippen LogP contribution in [0.25, 0.3) is 0 Å². The van der Waals surface area contributed by atoms with Crippen LogP contribution in [0.3, 0.4) is 0 Å². The second-order valence-electron chi connectivity index (χ2n) is 4.10. The summed E-state index contributed by atoms with van der Waals surface area (Å²) < 4.78 is 21.0. The van der Waals surface area contributed by atoms with Gasteiger partial charge in [-0.3, -0.25) is 4.57 Å². The van der Waals surface area contributed by atoms with Crippen LogP contribution in [-0.2, 0) is 13.6 Å². The van der Waals surface area contributed by atoms with Gasteiger partial charge in [0.1, 0.15) is 0 Å². The van der Waals surface area contributed by atoms with Crippen LogP contribution in [-0.4, -0.2) is 27.0 Å². The maximum Gasteiger partial charge on any atom is 0.363 e. The Morgan fingerprint density at radius 2 is 1.44 bits per heavy atom. The third-order valence-electron chi connectivity index (χ3n) is 2.40. The van der Waals surface area contributed by atoms with Gasteiger partial charge in [0, 0.05) is 0 Å². The van der Waals surface area contributed by atoms with Crippen molar-refractivity contribution in [3.05, 3.63) is 0 Å². The van der Waals surface area contributed by atoms with Gasteiger partial charge in [0.15, 0.2) is 0 Å². The third-order valence-corrected chi connectivity index (χ3v) is 5.77. The molecule has 0 aliphatic carbocycles. The van der Waals surface area contributed by atoms with Crippen molar-refractivity contribution in [2.24, 2.45) is 0 Å². The summed E-state index contributed by atoms with van der Waals surface area (Å²) >= 11 is 16.7. The average molecular weight is 342 g/mol. The average Bonchev–Trinajstić information content (AvgIpc) is 2.26. The molecule has 0 aliphatic heterocycles. The van der Waals surface area contributed by atoms with E-state index in [0.717, 1.165) is 0 Å². The Hall–Kier alpha value is 0.980. The lowest BCUT2D eigenvalue weighted by molar-refractivity contribution is 0.0888. The Morgan fingerprint density at radius 3 is 1.67 bits per heavy atom. The molecule has 0 bridgehead atoms. The molecule has 0 aliphatic rings. The molecule has 0 radical (unpaired) electrons. The minimum Gasteiger partial charge on any atom is -0.377 e. The van der Waals surface area contributed by atoms with Crippen molar-refractivity contribution in [2.45, 2.75) is 62.4 Å². The molecule has 0 unspecified atom stereocenters. The van der Waals surface area contributed by atoms with Crippen molar-refractivity contribution in [2.75, 3.05) is 0 Å². The SMILES string of the molecule is CC[C@H](C)OP(=O)(O[C@@H](C)CC)[C@@H](O)C(Cl)(Cl)Cl. The fraction of sp³-hybridized carbons (Fsp3) is 1.00. The molecule has 3 atom stereocenters. The Labute approximate surface area is 123 Å². The van der Waals surface area contributed by atoms with Gasteiger partial charge in [-0.25, -0.2) is 0 Å². The summed E-state index contributed by atoms with van der Waals surface area (Å²) in [5.41, 5.74) is 0. The van der Waals surface area contributed by atoms with Crippen molar-refractivity contribution in [1.29, 1.82) is 0 Å². The lowest BCUT2D eigenvalue weighted by Crippen LogP contribution is -2.29. The highest BCUT2D eigenvalue weighted by molar-refractivity contribution is 7.55. The van der Waals surface area contributed by atoms with Crippen LogP contribution in [0.5, 0.6) is 0 Å². The summed E-state index contributed by atoms with van der Waals surface area (Å²) in [6.07, 6.45) is 0.449. The maximum absolute atomic E-state index is 12.6. The van der Waals surface area contributed by atoms with E-state index in [1.165, 1.54) is 0 Å². The summed E-state index contributed by atoms with van der Waals surface area (Å²) in [7, 11) is -3.92. The molecule has 0 saturated heterocycles. The van der Waals surface area contributed by atoms with Gasteiger partial charge in [0.25, 0.3) is 0 Å². The molecule has 8 heteroatoms. The van der Waals surface area contributed by atoms with Gasteiger partial charge in [-0.15, -0.1) is 0 Å². The van der Waals surface area contributed by atoms with E-state index in [1.54, 1.807) is 13.8 Å². The summed E-state index contributed by atoms with van der Waals surface area (Å²) in [6, 6.07) is 0. The summed E-state index contributed by atoms with van der Waals surface area (Å²) in [5, 5.41) is 9.88. The molecule has 110 valence electrons. The van der Waals surface area contributed by atoms with E-state index >= 15 is 0 Å². The van der Waals surface area contributed by atoms with Gasteiger partial charge in [-0.1, -0.05) is 48.7 Å². The van der Waals surface area contributed by atoms with Crippen molar-refractivity contribution >= 4 is 42.4 Å². The van der Waals surface area contributed by atoms with Crippen LogP contribution in [0, 0.1) is 0 Å². The van der Waals surface area contributed by atoms with Crippen LogP contribution >= 0.6 is 42.4 Å². The van der Waals surface area contributed by atoms with E-state index in [1.807, 2.05) is 13.8 Å². The minimum absolute atomic E-state index is 0.373. The van der Waals surface area contributed by atoms with E-state index in [2.05, 4.69) is 0 Å². The fourth-order valence-electron chi connectivity index (χ4n) is 0.970. The monoisotopic (exact) mass is 340 g/mol. The van der Waals surface area contributed by atoms with Crippen LogP contribution in [0.2, 0.25) is 0 Å². The lowest BCUT2D eigenvalue weighted by Gasteiger charge is -2.31. The van der Waals surface area contributed by atoms with Gasteiger partial charge in [-0.2, -0.15) is 0 Å². The zero-order valence-electron chi connectivity index (χ0n) is 10.9. The Balaban J connectivity index is 5.09. The van der Waals surface area contributed by atoms with Crippen molar-refractivity contribution in [1.82, 2.24) is 0 Å². The second-order valence-corrected chi connectivity index (χ2v) is 8.46. The molecule has 0 heterocycles. The first-order valence-electron chi connectivity index (χ1n) is 5.78. The van der Waals surface area contributed by atoms with E-state index < -0.39 is 17.2 Å². The molecule has 0 aromatic rings. The molecule has 0 spiro atoms. The largest absolute Gasteiger partial charge is 0.377 e. The van der Waals surface area contributed by atoms with E-state index in [-0.39, 0.29) is 12.2 Å². The highest BCUT2D eigenvalue weighted by Gasteiger charge is 2.49. The molecule has 0 aromatic carbocycles. The summed E-state index contributed by atoms with van der Waals surface area (Å²) in [4.78, 5) is 0. The number of halogens is 3. The standard InChI is InChI=1S/C10H20Cl3O4P/c1-5-7(3)16-18(15,17-8(4)6-2)9(14)10(11,12)13/h7-9,14H,5-6H2,1-4H3/t7-,8-,9+/m0/s1. The second kappa shape index (κ2) is 7.68. The first-order chi connectivity index (χ1) is 8.06. The highest BCUT2D eigenvalue weighted by Crippen LogP contribution is 2.60. The van der Waals surface area contributed by atoms with Gasteiger partial charge in [0.2, 0.25) is 9.64 Å².